The fourth-order valence-corrected chi connectivity index (χ4v) is 9.15. The van der Waals surface area contributed by atoms with Crippen LogP contribution in [-0.2, 0) is 6.18 Å². The second-order valence-corrected chi connectivity index (χ2v) is 14.5. The molecule has 4 rings (SSSR count). The van der Waals surface area contributed by atoms with Crippen LogP contribution in [0, 0.1) is 0 Å². The molecule has 36 heavy (non-hydrogen) atoms. The number of aliphatic imine (C=N–C) groups is 1. The number of alkyl halides is 3. The van der Waals surface area contributed by atoms with Gasteiger partial charge < -0.3 is 10.0 Å². The lowest BCUT2D eigenvalue weighted by molar-refractivity contribution is -0.137. The van der Waals surface area contributed by atoms with Gasteiger partial charge in [-0.3, -0.25) is 4.99 Å². The van der Waals surface area contributed by atoms with Crippen molar-refractivity contribution in [3.8, 4) is 0 Å². The zero-order valence-electron chi connectivity index (χ0n) is 21.0. The molecule has 4 nitrogen and oxygen atoms in total. The summed E-state index contributed by atoms with van der Waals surface area (Å²) in [5.41, 5.74) is 2.59. The first-order valence-corrected chi connectivity index (χ1v) is 15.8. The number of thiophene rings is 1. The molecule has 0 amide bonds. The van der Waals surface area contributed by atoms with Crippen molar-refractivity contribution in [1.82, 2.24) is 0 Å². The van der Waals surface area contributed by atoms with Gasteiger partial charge in [0.2, 0.25) is 0 Å². The van der Waals surface area contributed by atoms with Crippen LogP contribution < -0.4 is 10.1 Å². The van der Waals surface area contributed by atoms with E-state index in [9.17, 15) is 23.1 Å². The zero-order chi connectivity index (χ0) is 26.4. The molecular weight excluding hydrogens is 501 g/mol. The summed E-state index contributed by atoms with van der Waals surface area (Å²) in [7, 11) is -2.35. The molecule has 2 aromatic rings. The molecule has 1 aromatic heterocycles. The van der Waals surface area contributed by atoms with Crippen LogP contribution in [0.1, 0.15) is 47.1 Å². The van der Waals surface area contributed by atoms with Crippen LogP contribution in [0.3, 0.4) is 0 Å². The quantitative estimate of drug-likeness (QED) is 0.432. The third-order valence-corrected chi connectivity index (χ3v) is 11.4. The van der Waals surface area contributed by atoms with Gasteiger partial charge in [0.05, 0.1) is 11.3 Å². The smallest absolute Gasteiger partial charge is 0.418 e. The molecule has 0 saturated heterocycles. The Morgan fingerprint density at radius 3 is 2.39 bits per heavy atom. The highest BCUT2D eigenvalue weighted by atomic mass is 32.1. The number of fused-ring (bicyclic) bond motifs is 2. The standard InChI is InChI=1S/C27H29F3N2O2SSi/c1-6-31-16-9-11-18-21(13-16)36(4,5)22-14-17(32(7-2)8-3)10-12-19(22)23(18)20-15-35-25(26(33)34)24(20)27(28,29)30/h9-15H,6-8H2,1-5H3,(H,33,34)/b31-16+. The molecule has 0 atom stereocenters. The Bertz CT molecular complexity index is 1350. The third-order valence-electron chi connectivity index (χ3n) is 6.90. The van der Waals surface area contributed by atoms with E-state index in [0.717, 1.165) is 46.0 Å². The maximum absolute atomic E-state index is 14.3. The molecule has 1 aliphatic heterocycles. The summed E-state index contributed by atoms with van der Waals surface area (Å²) in [6.45, 7) is 12.7. The number of rotatable bonds is 6. The lowest BCUT2D eigenvalue weighted by Gasteiger charge is -2.39. The number of halogens is 3. The fourth-order valence-electron chi connectivity index (χ4n) is 5.16. The number of carboxylic acids is 1. The van der Waals surface area contributed by atoms with Gasteiger partial charge in [0.1, 0.15) is 13.0 Å². The van der Waals surface area contributed by atoms with E-state index < -0.39 is 30.7 Å². The highest BCUT2D eigenvalue weighted by Crippen LogP contribution is 2.48. The molecule has 0 bridgehead atoms. The summed E-state index contributed by atoms with van der Waals surface area (Å²) in [4.78, 5) is 17.8. The van der Waals surface area contributed by atoms with Gasteiger partial charge in [-0.15, -0.1) is 11.3 Å². The van der Waals surface area contributed by atoms with Crippen molar-refractivity contribution in [2.45, 2.75) is 40.0 Å². The monoisotopic (exact) mass is 530 g/mol. The summed E-state index contributed by atoms with van der Waals surface area (Å²) in [5, 5.41) is 12.9. The van der Waals surface area contributed by atoms with Gasteiger partial charge in [-0.25, -0.2) is 4.79 Å². The summed E-state index contributed by atoms with van der Waals surface area (Å²) in [6, 6.07) is 6.00. The highest BCUT2D eigenvalue weighted by Gasteiger charge is 2.45. The highest BCUT2D eigenvalue weighted by molar-refractivity contribution is 7.12. The molecule has 0 spiro atoms. The molecular formula is C27H29F3N2O2SSi. The topological polar surface area (TPSA) is 52.9 Å². The van der Waals surface area contributed by atoms with E-state index in [1.807, 2.05) is 37.3 Å². The summed E-state index contributed by atoms with van der Waals surface area (Å²) in [6.07, 6.45) is 0.891. The molecule has 0 saturated carbocycles. The fraction of sp³-hybridized carbons (Fsp3) is 0.333. The first-order valence-electron chi connectivity index (χ1n) is 12.0. The van der Waals surface area contributed by atoms with Crippen molar-refractivity contribution in [1.29, 1.82) is 0 Å². The Balaban J connectivity index is 2.11. The van der Waals surface area contributed by atoms with Crippen LogP contribution in [0.15, 0.2) is 57.6 Å². The number of hydrogen-bond donors (Lipinski definition) is 1. The van der Waals surface area contributed by atoms with Crippen LogP contribution in [0.25, 0.3) is 5.57 Å². The van der Waals surface area contributed by atoms with Crippen molar-refractivity contribution < 1.29 is 23.1 Å². The SMILES string of the molecule is CC/N=C1\C=CC2=C(c3csc(C(=O)O)c3C(F)(F)F)c3ccc(N(CC)CC)cc3[Si](C)(C)C2=C1. The lowest BCUT2D eigenvalue weighted by atomic mass is 9.88. The number of nitrogens with zero attached hydrogens (tertiary/aromatic N) is 2. The van der Waals surface area contributed by atoms with Gasteiger partial charge in [0.25, 0.3) is 0 Å². The first kappa shape index (κ1) is 26.2. The Hall–Kier alpha value is -2.91. The molecule has 0 fully saturated rings. The Kier molecular flexibility index (Phi) is 6.91. The van der Waals surface area contributed by atoms with Crippen LogP contribution in [-0.4, -0.2) is 44.5 Å². The largest absolute Gasteiger partial charge is 0.477 e. The van der Waals surface area contributed by atoms with Crippen molar-refractivity contribution in [2.75, 3.05) is 24.5 Å². The molecule has 1 N–H and O–H groups in total. The summed E-state index contributed by atoms with van der Waals surface area (Å²) < 4.78 is 42.9. The molecule has 190 valence electrons. The normalized spacial score (nSPS) is 17.7. The van der Waals surface area contributed by atoms with Crippen LogP contribution >= 0.6 is 11.3 Å². The average molecular weight is 531 g/mol. The second-order valence-electron chi connectivity index (χ2n) is 9.26. The van der Waals surface area contributed by atoms with E-state index in [0.29, 0.717) is 23.5 Å². The molecule has 0 radical (unpaired) electrons. The first-order chi connectivity index (χ1) is 16.9. The summed E-state index contributed by atoms with van der Waals surface area (Å²) in [5.74, 6) is -1.57. The lowest BCUT2D eigenvalue weighted by Crippen LogP contribution is -2.49. The number of carboxylic acid groups (broad SMARTS) is 1. The molecule has 1 aromatic carbocycles. The van der Waals surface area contributed by atoms with Crippen molar-refractivity contribution >= 4 is 47.5 Å². The van der Waals surface area contributed by atoms with E-state index in [4.69, 9.17) is 0 Å². The third kappa shape index (κ3) is 4.28. The Labute approximate surface area is 214 Å². The Morgan fingerprint density at radius 1 is 1.11 bits per heavy atom. The molecule has 1 aliphatic carbocycles. The average Bonchev–Trinajstić information content (AvgIpc) is 3.27. The van der Waals surface area contributed by atoms with Gasteiger partial charge >= 0.3 is 12.1 Å². The van der Waals surface area contributed by atoms with E-state index in [1.165, 1.54) is 5.38 Å². The number of benzene rings is 1. The van der Waals surface area contributed by atoms with E-state index >= 15 is 0 Å². The summed E-state index contributed by atoms with van der Waals surface area (Å²) >= 11 is 0.625. The van der Waals surface area contributed by atoms with E-state index in [2.05, 4.69) is 42.9 Å². The maximum Gasteiger partial charge on any atom is 0.418 e. The van der Waals surface area contributed by atoms with Gasteiger partial charge in [-0.2, -0.15) is 13.2 Å². The van der Waals surface area contributed by atoms with Crippen LogP contribution in [0.4, 0.5) is 18.9 Å². The molecule has 0 unspecified atom stereocenters. The van der Waals surface area contributed by atoms with Crippen LogP contribution in [0.5, 0.6) is 0 Å². The Morgan fingerprint density at radius 2 is 1.81 bits per heavy atom. The van der Waals surface area contributed by atoms with Gasteiger partial charge in [-0.05, 0) is 72.1 Å². The predicted octanol–water partition coefficient (Wildman–Crippen LogP) is 6.54. The number of carbonyl (C=O) groups is 1. The van der Waals surface area contributed by atoms with Crippen LogP contribution in [0.2, 0.25) is 13.1 Å². The zero-order valence-corrected chi connectivity index (χ0v) is 22.8. The van der Waals surface area contributed by atoms with E-state index in [1.54, 1.807) is 0 Å². The molecule has 2 heterocycles. The number of hydrogen-bond acceptors (Lipinski definition) is 4. The molecule has 2 aliphatic rings. The predicted molar refractivity (Wildman–Crippen MR) is 145 cm³/mol. The number of allylic oxidation sites excluding steroid dienone is 5. The number of aromatic carboxylic acids is 1. The molecule has 9 heteroatoms. The minimum Gasteiger partial charge on any atom is -0.477 e. The number of anilines is 1. The maximum atomic E-state index is 14.3. The van der Waals surface area contributed by atoms with Crippen molar-refractivity contribution in [3.63, 3.8) is 0 Å². The van der Waals surface area contributed by atoms with E-state index in [-0.39, 0.29) is 5.56 Å². The van der Waals surface area contributed by atoms with Gasteiger partial charge in [0.15, 0.2) is 0 Å². The second kappa shape index (κ2) is 9.52. The van der Waals surface area contributed by atoms with Crippen molar-refractivity contribution in [3.05, 3.63) is 74.1 Å². The van der Waals surface area contributed by atoms with Crippen molar-refractivity contribution in [2.24, 2.45) is 4.99 Å². The minimum atomic E-state index is -4.81. The minimum absolute atomic E-state index is 0.0762. The van der Waals surface area contributed by atoms with Gasteiger partial charge in [-0.1, -0.05) is 25.2 Å². The van der Waals surface area contributed by atoms with Gasteiger partial charge in [0, 0.05) is 36.3 Å².